The highest BCUT2D eigenvalue weighted by molar-refractivity contribution is 5.47. The number of benzene rings is 1. The van der Waals surface area contributed by atoms with Gasteiger partial charge in [0.25, 0.3) is 0 Å². The third-order valence-electron chi connectivity index (χ3n) is 3.52. The molecule has 1 heterocycles. The lowest BCUT2D eigenvalue weighted by Gasteiger charge is -2.20. The van der Waals surface area contributed by atoms with Gasteiger partial charge < -0.3 is 4.90 Å². The number of rotatable bonds is 2. The highest BCUT2D eigenvalue weighted by Gasteiger charge is 2.16. The second-order valence-electron chi connectivity index (χ2n) is 4.83. The third kappa shape index (κ3) is 2.73. The fourth-order valence-corrected chi connectivity index (χ4v) is 2.51. The van der Waals surface area contributed by atoms with E-state index in [9.17, 15) is 0 Å². The van der Waals surface area contributed by atoms with Crippen LogP contribution in [0.1, 0.15) is 36.3 Å². The fourth-order valence-electron chi connectivity index (χ4n) is 2.51. The highest BCUT2D eigenvalue weighted by Crippen LogP contribution is 2.26. The van der Waals surface area contributed by atoms with Crippen LogP contribution >= 0.6 is 0 Å². The molecule has 0 spiro atoms. The zero-order valence-electron chi connectivity index (χ0n) is 10.2. The molecule has 1 aromatic rings. The molecular weight excluding hydrogens is 194 g/mol. The maximum Gasteiger partial charge on any atom is 0.00472 e. The maximum absolute atomic E-state index is 3.79. The molecule has 0 saturated carbocycles. The summed E-state index contributed by atoms with van der Waals surface area (Å²) in [5.41, 5.74) is 2.70. The van der Waals surface area contributed by atoms with E-state index in [0.717, 1.165) is 0 Å². The lowest BCUT2D eigenvalue weighted by molar-refractivity contribution is 0.332. The van der Waals surface area contributed by atoms with Crippen LogP contribution in [0.3, 0.4) is 0 Å². The molecule has 1 aliphatic rings. The highest BCUT2D eigenvalue weighted by atomic mass is 15.1. The standard InChI is InChI=1S/C15H21N/c1-3-13-7-9-14(10-8-13)15-6-4-5-11-16(2)12-15/h3,7-10,15H,1,4-6,11-12H2,2H3. The summed E-state index contributed by atoms with van der Waals surface area (Å²) in [4.78, 5) is 2.46. The zero-order chi connectivity index (χ0) is 11.4. The molecule has 0 aliphatic carbocycles. The van der Waals surface area contributed by atoms with Crippen molar-refractivity contribution in [1.82, 2.24) is 4.90 Å². The molecule has 1 fully saturated rings. The van der Waals surface area contributed by atoms with Gasteiger partial charge in [0.2, 0.25) is 0 Å². The Morgan fingerprint density at radius 1 is 1.25 bits per heavy atom. The molecule has 1 heteroatoms. The van der Waals surface area contributed by atoms with Crippen molar-refractivity contribution in [2.75, 3.05) is 20.1 Å². The number of nitrogens with zero attached hydrogens (tertiary/aromatic N) is 1. The first-order valence-electron chi connectivity index (χ1n) is 6.20. The van der Waals surface area contributed by atoms with Crippen molar-refractivity contribution in [3.05, 3.63) is 42.0 Å². The van der Waals surface area contributed by atoms with E-state index in [0.29, 0.717) is 5.92 Å². The maximum atomic E-state index is 3.79. The Balaban J connectivity index is 2.11. The lowest BCUT2D eigenvalue weighted by Crippen LogP contribution is -2.22. The van der Waals surface area contributed by atoms with Crippen molar-refractivity contribution in [2.24, 2.45) is 0 Å². The van der Waals surface area contributed by atoms with E-state index in [1.54, 1.807) is 0 Å². The average Bonchev–Trinajstić information content (AvgIpc) is 2.54. The van der Waals surface area contributed by atoms with Gasteiger partial charge in [-0.25, -0.2) is 0 Å². The fraction of sp³-hybridized carbons (Fsp3) is 0.467. The Labute approximate surface area is 98.8 Å². The van der Waals surface area contributed by atoms with Gasteiger partial charge in [-0.1, -0.05) is 43.3 Å². The summed E-state index contributed by atoms with van der Waals surface area (Å²) in [5, 5.41) is 0. The summed E-state index contributed by atoms with van der Waals surface area (Å²) >= 11 is 0. The Hall–Kier alpha value is -1.08. The normalized spacial score (nSPS) is 22.7. The first-order valence-corrected chi connectivity index (χ1v) is 6.20. The number of hydrogen-bond donors (Lipinski definition) is 0. The van der Waals surface area contributed by atoms with Gasteiger partial charge in [-0.2, -0.15) is 0 Å². The predicted molar refractivity (Wildman–Crippen MR) is 70.6 cm³/mol. The minimum absolute atomic E-state index is 0.714. The minimum Gasteiger partial charge on any atom is -0.306 e. The third-order valence-corrected chi connectivity index (χ3v) is 3.52. The molecule has 1 saturated heterocycles. The van der Waals surface area contributed by atoms with Crippen LogP contribution < -0.4 is 0 Å². The van der Waals surface area contributed by atoms with Crippen LogP contribution in [0.25, 0.3) is 6.08 Å². The molecule has 16 heavy (non-hydrogen) atoms. The van der Waals surface area contributed by atoms with Gasteiger partial charge in [-0.05, 0) is 43.5 Å². The Morgan fingerprint density at radius 3 is 2.69 bits per heavy atom. The first kappa shape index (κ1) is 11.4. The quantitative estimate of drug-likeness (QED) is 0.729. The van der Waals surface area contributed by atoms with E-state index in [-0.39, 0.29) is 0 Å². The van der Waals surface area contributed by atoms with Gasteiger partial charge in [-0.3, -0.25) is 0 Å². The van der Waals surface area contributed by atoms with Crippen LogP contribution in [0.15, 0.2) is 30.8 Å². The molecule has 1 aromatic carbocycles. The molecule has 86 valence electrons. The zero-order valence-corrected chi connectivity index (χ0v) is 10.2. The van der Waals surface area contributed by atoms with E-state index in [1.807, 2.05) is 6.08 Å². The van der Waals surface area contributed by atoms with Crippen LogP contribution in [0.4, 0.5) is 0 Å². The first-order chi connectivity index (χ1) is 7.79. The van der Waals surface area contributed by atoms with Crippen molar-refractivity contribution in [1.29, 1.82) is 0 Å². The Morgan fingerprint density at radius 2 is 2.00 bits per heavy atom. The molecule has 1 unspecified atom stereocenters. The van der Waals surface area contributed by atoms with Crippen LogP contribution in [0.5, 0.6) is 0 Å². The summed E-state index contributed by atoms with van der Waals surface area (Å²) in [7, 11) is 2.23. The SMILES string of the molecule is C=Cc1ccc(C2CCCCN(C)C2)cc1. The van der Waals surface area contributed by atoms with Crippen LogP contribution in [0, 0.1) is 0 Å². The van der Waals surface area contributed by atoms with Crippen LogP contribution in [-0.2, 0) is 0 Å². The monoisotopic (exact) mass is 215 g/mol. The predicted octanol–water partition coefficient (Wildman–Crippen LogP) is 3.53. The summed E-state index contributed by atoms with van der Waals surface area (Å²) in [6, 6.07) is 8.88. The van der Waals surface area contributed by atoms with E-state index < -0.39 is 0 Å². The van der Waals surface area contributed by atoms with Gasteiger partial charge in [0, 0.05) is 6.54 Å². The van der Waals surface area contributed by atoms with Crippen molar-refractivity contribution in [3.8, 4) is 0 Å². The van der Waals surface area contributed by atoms with E-state index in [1.165, 1.54) is 43.5 Å². The van der Waals surface area contributed by atoms with Crippen molar-refractivity contribution in [2.45, 2.75) is 25.2 Å². The van der Waals surface area contributed by atoms with Gasteiger partial charge >= 0.3 is 0 Å². The number of likely N-dealkylation sites (tertiary alicyclic amines) is 1. The average molecular weight is 215 g/mol. The van der Waals surface area contributed by atoms with Crippen molar-refractivity contribution < 1.29 is 0 Å². The summed E-state index contributed by atoms with van der Waals surface area (Å²) in [5.74, 6) is 0.714. The number of likely N-dealkylation sites (N-methyl/N-ethyl adjacent to an activating group) is 1. The molecule has 0 amide bonds. The van der Waals surface area contributed by atoms with E-state index in [4.69, 9.17) is 0 Å². The summed E-state index contributed by atoms with van der Waals surface area (Å²) in [6.45, 7) is 6.24. The molecule has 1 nitrogen and oxygen atoms in total. The lowest BCUT2D eigenvalue weighted by atomic mass is 9.93. The second kappa shape index (κ2) is 5.31. The molecule has 1 aliphatic heterocycles. The largest absolute Gasteiger partial charge is 0.306 e. The smallest absolute Gasteiger partial charge is 0.00472 e. The van der Waals surface area contributed by atoms with Gasteiger partial charge in [-0.15, -0.1) is 0 Å². The molecule has 2 rings (SSSR count). The summed E-state index contributed by atoms with van der Waals surface area (Å²) < 4.78 is 0. The molecule has 0 N–H and O–H groups in total. The molecule has 0 bridgehead atoms. The van der Waals surface area contributed by atoms with Crippen LogP contribution in [0.2, 0.25) is 0 Å². The van der Waals surface area contributed by atoms with E-state index in [2.05, 4.69) is 42.8 Å². The van der Waals surface area contributed by atoms with Crippen molar-refractivity contribution >= 4 is 6.08 Å². The minimum atomic E-state index is 0.714. The molecule has 0 radical (unpaired) electrons. The van der Waals surface area contributed by atoms with E-state index >= 15 is 0 Å². The number of hydrogen-bond acceptors (Lipinski definition) is 1. The van der Waals surface area contributed by atoms with Crippen LogP contribution in [-0.4, -0.2) is 25.0 Å². The topological polar surface area (TPSA) is 3.24 Å². The molecule has 0 aromatic heterocycles. The van der Waals surface area contributed by atoms with Gasteiger partial charge in [0.1, 0.15) is 0 Å². The van der Waals surface area contributed by atoms with Gasteiger partial charge in [0.15, 0.2) is 0 Å². The van der Waals surface area contributed by atoms with Gasteiger partial charge in [0.05, 0.1) is 0 Å². The molecular formula is C15H21N. The second-order valence-corrected chi connectivity index (χ2v) is 4.83. The van der Waals surface area contributed by atoms with Crippen molar-refractivity contribution in [3.63, 3.8) is 0 Å². The Kier molecular flexibility index (Phi) is 3.79. The Bertz CT molecular complexity index is 339. The molecule has 1 atom stereocenters. The summed E-state index contributed by atoms with van der Waals surface area (Å²) in [6.07, 6.45) is 5.94.